The van der Waals surface area contributed by atoms with Gasteiger partial charge in [0, 0.05) is 11.3 Å². The molecule has 2 aromatic heterocycles. The van der Waals surface area contributed by atoms with E-state index in [9.17, 15) is 0 Å². The third-order valence-corrected chi connectivity index (χ3v) is 4.96. The van der Waals surface area contributed by atoms with Gasteiger partial charge in [0.2, 0.25) is 10.6 Å². The van der Waals surface area contributed by atoms with Crippen LogP contribution < -0.4 is 0 Å². The van der Waals surface area contributed by atoms with E-state index < -0.39 is 0 Å². The summed E-state index contributed by atoms with van der Waals surface area (Å²) in [4.78, 5) is 0. The first kappa shape index (κ1) is 16.6. The van der Waals surface area contributed by atoms with Crippen molar-refractivity contribution in [2.45, 2.75) is 6.92 Å². The Balaban J connectivity index is 1.72. The summed E-state index contributed by atoms with van der Waals surface area (Å²) in [7, 11) is 0. The van der Waals surface area contributed by atoms with E-state index in [1.807, 2.05) is 43.5 Å². The van der Waals surface area contributed by atoms with Crippen LogP contribution in [0.15, 0.2) is 65.8 Å². The van der Waals surface area contributed by atoms with Gasteiger partial charge >= 0.3 is 0 Å². The molecule has 0 unspecified atom stereocenters. The second-order valence-corrected chi connectivity index (χ2v) is 6.96. The Morgan fingerprint density at radius 2 is 1.61 bits per heavy atom. The second kappa shape index (κ2) is 6.54. The van der Waals surface area contributed by atoms with E-state index in [0.29, 0.717) is 16.3 Å². The minimum absolute atomic E-state index is 0.413. The number of aromatic amines is 2. The molecular weight excluding hydrogens is 368 g/mol. The first-order valence-electron chi connectivity index (χ1n) is 8.85. The zero-order valence-corrected chi connectivity index (χ0v) is 15.9. The average Bonchev–Trinajstić information content (AvgIpc) is 3.30. The molecule has 0 spiro atoms. The van der Waals surface area contributed by atoms with Crippen molar-refractivity contribution in [1.29, 1.82) is 0 Å². The summed E-state index contributed by atoms with van der Waals surface area (Å²) in [5.41, 5.74) is 2.67. The molecule has 0 aliphatic rings. The average molecular weight is 384 g/mol. The molecule has 136 valence electrons. The fraction of sp³-hybridized carbons (Fsp3) is 0.0476. The molecule has 0 amide bonds. The largest absolute Gasteiger partial charge is 0.282 e. The molecule has 0 aliphatic carbocycles. The molecule has 2 heterocycles. The molecule has 28 heavy (non-hydrogen) atoms. The van der Waals surface area contributed by atoms with Crippen LogP contribution in [-0.4, -0.2) is 31.3 Å². The first-order chi connectivity index (χ1) is 13.7. The number of hydrogen-bond acceptors (Lipinski definition) is 4. The topological polar surface area (TPSA) is 74.7 Å². The molecule has 0 saturated heterocycles. The summed E-state index contributed by atoms with van der Waals surface area (Å²) in [5, 5.41) is 23.5. The van der Waals surface area contributed by atoms with Crippen LogP contribution in [0.4, 0.5) is 0 Å². The van der Waals surface area contributed by atoms with Gasteiger partial charge in [-0.15, -0.1) is 0 Å². The Kier molecular flexibility index (Phi) is 3.87. The minimum Gasteiger partial charge on any atom is -0.282 e. The van der Waals surface area contributed by atoms with Crippen molar-refractivity contribution in [2.75, 3.05) is 0 Å². The van der Waals surface area contributed by atoms with Crippen molar-refractivity contribution in [3.63, 3.8) is 0 Å². The summed E-state index contributed by atoms with van der Waals surface area (Å²) in [6, 6.07) is 20.7. The molecular formula is C21H16N6S. The standard InChI is InChI=1S/C21H16N6S/c1-13-10-19(24-23-13)20-25-26-21(28)27(20)22-12-18-16-8-4-2-6-14(16)11-15-7-3-5-9-17(15)18/h2-12H,1H3,(H,23,24)(H,26,28)/b22-12+. The molecule has 0 saturated carbocycles. The Morgan fingerprint density at radius 1 is 0.929 bits per heavy atom. The smallest absolute Gasteiger partial charge is 0.216 e. The molecule has 3 aromatic carbocycles. The van der Waals surface area contributed by atoms with Crippen LogP contribution in [0, 0.1) is 11.7 Å². The van der Waals surface area contributed by atoms with Gasteiger partial charge in [-0.2, -0.15) is 20.0 Å². The highest BCUT2D eigenvalue weighted by molar-refractivity contribution is 7.71. The maximum Gasteiger partial charge on any atom is 0.216 e. The van der Waals surface area contributed by atoms with Crippen LogP contribution in [0.1, 0.15) is 11.3 Å². The quantitative estimate of drug-likeness (QED) is 0.266. The third kappa shape index (κ3) is 2.73. The van der Waals surface area contributed by atoms with Gasteiger partial charge in [-0.1, -0.05) is 48.5 Å². The zero-order chi connectivity index (χ0) is 19.1. The third-order valence-electron chi connectivity index (χ3n) is 4.70. The van der Waals surface area contributed by atoms with Crippen LogP contribution >= 0.6 is 12.2 Å². The molecule has 0 aliphatic heterocycles. The lowest BCUT2D eigenvalue weighted by atomic mass is 9.97. The number of benzene rings is 3. The normalized spacial score (nSPS) is 11.8. The predicted octanol–water partition coefficient (Wildman–Crippen LogP) is 4.83. The molecule has 2 N–H and O–H groups in total. The van der Waals surface area contributed by atoms with Crippen molar-refractivity contribution in [2.24, 2.45) is 5.10 Å². The van der Waals surface area contributed by atoms with E-state index in [1.54, 1.807) is 4.68 Å². The number of rotatable bonds is 3. The van der Waals surface area contributed by atoms with E-state index in [-0.39, 0.29) is 0 Å². The molecule has 6 nitrogen and oxygen atoms in total. The SMILES string of the molecule is Cc1cc(-c2n[nH]c(=S)n2/N=C/c2c3ccccc3cc3ccccc23)n[nH]1. The summed E-state index contributed by atoms with van der Waals surface area (Å²) < 4.78 is 2.01. The molecule has 5 rings (SSSR count). The van der Waals surface area contributed by atoms with E-state index in [0.717, 1.165) is 22.0 Å². The van der Waals surface area contributed by atoms with Gasteiger partial charge in [-0.25, -0.2) is 5.10 Å². The van der Waals surface area contributed by atoms with Crippen LogP contribution in [0.25, 0.3) is 33.1 Å². The highest BCUT2D eigenvalue weighted by atomic mass is 32.1. The predicted molar refractivity (Wildman–Crippen MR) is 114 cm³/mol. The van der Waals surface area contributed by atoms with Crippen LogP contribution in [0.3, 0.4) is 0 Å². The maximum absolute atomic E-state index is 5.38. The van der Waals surface area contributed by atoms with Gasteiger partial charge in [0.05, 0.1) is 6.21 Å². The fourth-order valence-electron chi connectivity index (χ4n) is 3.40. The number of aromatic nitrogens is 5. The number of nitrogens with one attached hydrogen (secondary N) is 2. The van der Waals surface area contributed by atoms with E-state index in [4.69, 9.17) is 12.2 Å². The molecule has 0 fully saturated rings. The van der Waals surface area contributed by atoms with Crippen molar-refractivity contribution in [3.8, 4) is 11.5 Å². The van der Waals surface area contributed by atoms with Crippen molar-refractivity contribution in [3.05, 3.63) is 76.7 Å². The Labute approximate surface area is 165 Å². The number of H-pyrrole nitrogens is 2. The van der Waals surface area contributed by atoms with E-state index in [1.165, 1.54) is 10.8 Å². The summed E-state index contributed by atoms with van der Waals surface area (Å²) >= 11 is 5.38. The Hall–Kier alpha value is -3.58. The van der Waals surface area contributed by atoms with Crippen LogP contribution in [0.5, 0.6) is 0 Å². The highest BCUT2D eigenvalue weighted by Gasteiger charge is 2.12. The lowest BCUT2D eigenvalue weighted by Crippen LogP contribution is -1.96. The lowest BCUT2D eigenvalue weighted by Gasteiger charge is -2.08. The van der Waals surface area contributed by atoms with Crippen molar-refractivity contribution < 1.29 is 0 Å². The van der Waals surface area contributed by atoms with E-state index in [2.05, 4.69) is 55.8 Å². The van der Waals surface area contributed by atoms with E-state index >= 15 is 0 Å². The van der Waals surface area contributed by atoms with Crippen LogP contribution in [-0.2, 0) is 0 Å². The molecule has 0 radical (unpaired) electrons. The van der Waals surface area contributed by atoms with Gasteiger partial charge < -0.3 is 0 Å². The van der Waals surface area contributed by atoms with Gasteiger partial charge in [-0.3, -0.25) is 5.10 Å². The zero-order valence-electron chi connectivity index (χ0n) is 15.0. The number of hydrogen-bond donors (Lipinski definition) is 2. The summed E-state index contributed by atoms with van der Waals surface area (Å²) in [6.45, 7) is 1.94. The maximum atomic E-state index is 5.38. The Morgan fingerprint density at radius 3 is 2.25 bits per heavy atom. The van der Waals surface area contributed by atoms with Gasteiger partial charge in [-0.05, 0) is 52.8 Å². The number of nitrogens with zero attached hydrogens (tertiary/aromatic N) is 4. The van der Waals surface area contributed by atoms with Crippen LogP contribution in [0.2, 0.25) is 0 Å². The van der Waals surface area contributed by atoms with Gasteiger partial charge in [0.25, 0.3) is 0 Å². The fourth-order valence-corrected chi connectivity index (χ4v) is 3.58. The molecule has 0 atom stereocenters. The molecule has 0 bridgehead atoms. The van der Waals surface area contributed by atoms with Gasteiger partial charge in [0.1, 0.15) is 5.69 Å². The highest BCUT2D eigenvalue weighted by Crippen LogP contribution is 2.27. The summed E-state index contributed by atoms with van der Waals surface area (Å²) in [5.74, 6) is 0.565. The second-order valence-electron chi connectivity index (χ2n) is 6.58. The van der Waals surface area contributed by atoms with Gasteiger partial charge in [0.15, 0.2) is 0 Å². The Bertz CT molecular complexity index is 1350. The summed E-state index contributed by atoms with van der Waals surface area (Å²) in [6.07, 6.45) is 1.85. The first-order valence-corrected chi connectivity index (χ1v) is 9.26. The molecule has 7 heteroatoms. The number of aryl methyl sites for hydroxylation is 1. The van der Waals surface area contributed by atoms with Crippen molar-refractivity contribution >= 4 is 40.0 Å². The van der Waals surface area contributed by atoms with Crippen molar-refractivity contribution in [1.82, 2.24) is 25.1 Å². The lowest BCUT2D eigenvalue weighted by molar-refractivity contribution is 0.865. The number of fused-ring (bicyclic) bond motifs is 2. The molecule has 5 aromatic rings. The monoisotopic (exact) mass is 384 g/mol. The minimum atomic E-state index is 0.413.